The van der Waals surface area contributed by atoms with Crippen molar-refractivity contribution in [2.75, 3.05) is 18.9 Å². The highest BCUT2D eigenvalue weighted by Gasteiger charge is 2.44. The lowest BCUT2D eigenvalue weighted by molar-refractivity contribution is -0.144. The van der Waals surface area contributed by atoms with Gasteiger partial charge in [0.1, 0.15) is 30.1 Å². The van der Waals surface area contributed by atoms with Gasteiger partial charge in [-0.05, 0) is 54.0 Å². The average molecular weight is 877 g/mol. The van der Waals surface area contributed by atoms with E-state index in [0.29, 0.717) is 30.5 Å². The Balaban J connectivity index is 0.968. The van der Waals surface area contributed by atoms with Gasteiger partial charge in [-0.25, -0.2) is 4.98 Å². The number of carbonyl (C=O) groups is 4. The van der Waals surface area contributed by atoms with Gasteiger partial charge in [-0.1, -0.05) is 93.9 Å². The number of aromatic nitrogens is 3. The number of nitrogen functional groups attached to an aromatic ring is 1. The quantitative estimate of drug-likeness (QED) is 0.0573. The van der Waals surface area contributed by atoms with E-state index in [1.54, 1.807) is 41.7 Å². The van der Waals surface area contributed by atoms with Gasteiger partial charge in [0.25, 0.3) is 0 Å². The highest BCUT2D eigenvalue weighted by atomic mass is 32.1. The SMILES string of the molecule is Cc1ncsc1-c1ccc(CNC(=O)[C@@H]2C[C@@H](O)CN2C(=O)[C@@H](NC(=O)CCCCCC(=O)NC(COc2cc(-c3ccccc3O)nnc2N)c2ccccc2)C(C)(C)C)cc1. The number of thiazole rings is 1. The Morgan fingerprint density at radius 2 is 1.60 bits per heavy atom. The van der Waals surface area contributed by atoms with E-state index in [1.807, 2.05) is 87.8 Å². The number of carbonyl (C=O) groups excluding carboxylic acids is 4. The van der Waals surface area contributed by atoms with E-state index in [9.17, 15) is 29.4 Å². The fraction of sp³-hybridized carbons (Fsp3) is 0.383. The number of para-hydroxylation sites is 1. The number of benzene rings is 3. The number of hydrogen-bond acceptors (Lipinski definition) is 12. The van der Waals surface area contributed by atoms with Gasteiger partial charge < -0.3 is 41.5 Å². The number of rotatable bonds is 18. The summed E-state index contributed by atoms with van der Waals surface area (Å²) in [6, 6.07) is 23.2. The predicted octanol–water partition coefficient (Wildman–Crippen LogP) is 5.86. The molecule has 1 fully saturated rings. The number of aliphatic hydroxyl groups is 1. The van der Waals surface area contributed by atoms with Crippen molar-refractivity contribution in [2.45, 2.75) is 97.0 Å². The van der Waals surface area contributed by atoms with Crippen molar-refractivity contribution < 1.29 is 34.1 Å². The third kappa shape index (κ3) is 12.4. The Hall–Kier alpha value is -6.39. The van der Waals surface area contributed by atoms with Crippen molar-refractivity contribution in [3.8, 4) is 33.2 Å². The number of hydrogen-bond donors (Lipinski definition) is 6. The number of amides is 4. The third-order valence-electron chi connectivity index (χ3n) is 10.9. The van der Waals surface area contributed by atoms with E-state index < -0.39 is 35.6 Å². The first-order chi connectivity index (χ1) is 30.2. The molecule has 3 aromatic carbocycles. The molecule has 0 radical (unpaired) electrons. The van der Waals surface area contributed by atoms with Crippen LogP contribution in [0.2, 0.25) is 0 Å². The number of aryl methyl sites for hydroxylation is 1. The molecule has 332 valence electrons. The minimum Gasteiger partial charge on any atom is -0.507 e. The van der Waals surface area contributed by atoms with Crippen molar-refractivity contribution >= 4 is 40.8 Å². The standard InChI is InChI=1S/C47H56N8O7S/c1-29-42(63-28-50-29)32-21-19-30(20-22-32)25-49-45(60)37-23-33(56)26-55(37)46(61)43(47(2,3)4)52-41(59)18-10-6-9-17-40(58)51-36(31-13-7-5-8-14-31)27-62-39-24-35(53-54-44(39)48)34-15-11-12-16-38(34)57/h5,7-8,11-16,19-22,24,28,33,36-37,43,56-57H,6,9-10,17-18,23,25-27H2,1-4H3,(H2,48,54)(H,49,60)(H,51,58)(H,52,59)/t33-,36?,37+,43-/m1/s1. The average Bonchev–Trinajstić information content (AvgIpc) is 3.88. The van der Waals surface area contributed by atoms with E-state index in [1.165, 1.54) is 4.90 Å². The number of nitrogens with zero attached hydrogens (tertiary/aromatic N) is 4. The number of aliphatic hydroxyl groups excluding tert-OH is 1. The topological polar surface area (TPSA) is 222 Å². The van der Waals surface area contributed by atoms with E-state index in [2.05, 4.69) is 31.1 Å². The second-order valence-electron chi connectivity index (χ2n) is 16.8. The molecule has 5 aromatic rings. The summed E-state index contributed by atoms with van der Waals surface area (Å²) < 4.78 is 6.07. The molecule has 63 heavy (non-hydrogen) atoms. The molecule has 6 rings (SSSR count). The van der Waals surface area contributed by atoms with Crippen LogP contribution < -0.4 is 26.4 Å². The van der Waals surface area contributed by atoms with Crippen LogP contribution in [0.1, 0.15) is 82.2 Å². The van der Waals surface area contributed by atoms with Crippen molar-refractivity contribution in [3.05, 3.63) is 107 Å². The largest absolute Gasteiger partial charge is 0.507 e. The molecule has 15 nitrogen and oxygen atoms in total. The van der Waals surface area contributed by atoms with Crippen molar-refractivity contribution in [3.63, 3.8) is 0 Å². The smallest absolute Gasteiger partial charge is 0.246 e. The molecule has 7 N–H and O–H groups in total. The van der Waals surface area contributed by atoms with E-state index in [-0.39, 0.29) is 74.0 Å². The van der Waals surface area contributed by atoms with Crippen LogP contribution in [0.4, 0.5) is 5.82 Å². The highest BCUT2D eigenvalue weighted by Crippen LogP contribution is 2.32. The summed E-state index contributed by atoms with van der Waals surface area (Å²) in [5.74, 6) is -0.957. The summed E-state index contributed by atoms with van der Waals surface area (Å²) in [6.07, 6.45) is 1.16. The van der Waals surface area contributed by atoms with Gasteiger partial charge in [0.15, 0.2) is 11.6 Å². The summed E-state index contributed by atoms with van der Waals surface area (Å²) in [5, 5.41) is 37.9. The molecular formula is C47H56N8O7S. The number of aromatic hydroxyl groups is 1. The Morgan fingerprint density at radius 1 is 0.921 bits per heavy atom. The zero-order valence-electron chi connectivity index (χ0n) is 36.0. The first-order valence-electron chi connectivity index (χ1n) is 21.1. The molecule has 0 saturated carbocycles. The molecule has 1 unspecified atom stereocenters. The van der Waals surface area contributed by atoms with Crippen LogP contribution in [-0.2, 0) is 25.7 Å². The van der Waals surface area contributed by atoms with Gasteiger partial charge in [0.05, 0.1) is 28.2 Å². The monoisotopic (exact) mass is 876 g/mol. The minimum atomic E-state index is -0.938. The first-order valence-corrected chi connectivity index (χ1v) is 22.0. The van der Waals surface area contributed by atoms with Gasteiger partial charge in [-0.2, -0.15) is 0 Å². The van der Waals surface area contributed by atoms with Gasteiger partial charge in [-0.15, -0.1) is 21.5 Å². The molecule has 4 amide bonds. The number of ether oxygens (including phenoxy) is 1. The highest BCUT2D eigenvalue weighted by molar-refractivity contribution is 7.13. The van der Waals surface area contributed by atoms with Crippen LogP contribution in [-0.4, -0.2) is 85.3 Å². The van der Waals surface area contributed by atoms with Crippen molar-refractivity contribution in [2.24, 2.45) is 5.41 Å². The molecule has 1 aliphatic heterocycles. The summed E-state index contributed by atoms with van der Waals surface area (Å²) in [6.45, 7) is 7.78. The maximum Gasteiger partial charge on any atom is 0.246 e. The summed E-state index contributed by atoms with van der Waals surface area (Å²) in [5.41, 5.74) is 11.8. The van der Waals surface area contributed by atoms with Crippen molar-refractivity contribution in [1.82, 2.24) is 36.0 Å². The van der Waals surface area contributed by atoms with Crippen LogP contribution >= 0.6 is 11.3 Å². The second-order valence-corrected chi connectivity index (χ2v) is 17.7. The van der Waals surface area contributed by atoms with Crippen molar-refractivity contribution in [1.29, 1.82) is 0 Å². The number of likely N-dealkylation sites (tertiary alicyclic amines) is 1. The maximum atomic E-state index is 14.1. The zero-order valence-corrected chi connectivity index (χ0v) is 36.9. The number of phenolic OH excluding ortho intramolecular Hbond substituents is 1. The molecule has 4 atom stereocenters. The fourth-order valence-electron chi connectivity index (χ4n) is 7.43. The Morgan fingerprint density at radius 3 is 2.27 bits per heavy atom. The van der Waals surface area contributed by atoms with Gasteiger partial charge in [0, 0.05) is 44.0 Å². The molecular weight excluding hydrogens is 821 g/mol. The third-order valence-corrected chi connectivity index (χ3v) is 11.9. The van der Waals surface area contributed by atoms with Crippen LogP contribution in [0.5, 0.6) is 11.5 Å². The second kappa shape index (κ2) is 21.1. The van der Waals surface area contributed by atoms with E-state index >= 15 is 0 Å². The van der Waals surface area contributed by atoms with Crippen LogP contribution in [0.3, 0.4) is 0 Å². The lowest BCUT2D eigenvalue weighted by atomic mass is 9.85. The summed E-state index contributed by atoms with van der Waals surface area (Å²) in [7, 11) is 0. The Bertz CT molecular complexity index is 2350. The summed E-state index contributed by atoms with van der Waals surface area (Å²) >= 11 is 1.57. The molecule has 1 saturated heterocycles. The van der Waals surface area contributed by atoms with Gasteiger partial charge >= 0.3 is 0 Å². The minimum absolute atomic E-state index is 0.0167. The number of β-amino-alcohol motifs (C(OH)–C–C–N with tert-alkyl or cyclic N) is 1. The van der Waals surface area contributed by atoms with Gasteiger partial charge in [-0.3, -0.25) is 19.2 Å². The molecule has 0 aliphatic carbocycles. The predicted molar refractivity (Wildman–Crippen MR) is 241 cm³/mol. The molecule has 0 spiro atoms. The number of anilines is 1. The zero-order chi connectivity index (χ0) is 45.1. The number of nitrogens with two attached hydrogens (primary N) is 1. The van der Waals surface area contributed by atoms with Crippen LogP contribution in [0.25, 0.3) is 21.7 Å². The molecule has 1 aliphatic rings. The van der Waals surface area contributed by atoms with Crippen LogP contribution in [0.15, 0.2) is 90.4 Å². The maximum absolute atomic E-state index is 14.1. The Kier molecular flexibility index (Phi) is 15.5. The van der Waals surface area contributed by atoms with Gasteiger partial charge in [0.2, 0.25) is 23.6 Å². The fourth-order valence-corrected chi connectivity index (χ4v) is 8.24. The lowest BCUT2D eigenvalue weighted by Crippen LogP contribution is -2.57. The van der Waals surface area contributed by atoms with E-state index in [4.69, 9.17) is 10.5 Å². The van der Waals surface area contributed by atoms with Crippen LogP contribution in [0, 0.1) is 12.3 Å². The normalized spacial score (nSPS) is 15.9. The summed E-state index contributed by atoms with van der Waals surface area (Å²) in [4.78, 5) is 60.8. The first kappa shape index (κ1) is 46.1. The molecule has 0 bridgehead atoms. The van der Waals surface area contributed by atoms with E-state index in [0.717, 1.165) is 27.3 Å². The Labute approximate surface area is 371 Å². The lowest BCUT2D eigenvalue weighted by Gasteiger charge is -2.35. The number of nitrogens with one attached hydrogen (secondary N) is 3. The number of phenols is 1. The molecule has 2 aromatic heterocycles. The number of unbranched alkanes of at least 4 members (excludes halogenated alkanes) is 2. The molecule has 3 heterocycles. The molecule has 16 heteroatoms.